The Kier molecular flexibility index (Phi) is 5.12. The molecule has 4 heteroatoms. The van der Waals surface area contributed by atoms with Crippen molar-refractivity contribution in [3.8, 4) is 0 Å². The lowest BCUT2D eigenvalue weighted by atomic mass is 10.1. The van der Waals surface area contributed by atoms with Crippen LogP contribution in [0, 0.1) is 6.92 Å². The van der Waals surface area contributed by atoms with E-state index in [0.29, 0.717) is 5.25 Å². The summed E-state index contributed by atoms with van der Waals surface area (Å²) in [4.78, 5) is 13.1. The first-order valence-corrected chi connectivity index (χ1v) is 8.03. The van der Waals surface area contributed by atoms with E-state index < -0.39 is 5.97 Å². The fraction of sp³-hybridized carbons (Fsp3) is 0.438. The molecule has 1 aliphatic heterocycles. The third-order valence-corrected chi connectivity index (χ3v) is 4.90. The third kappa shape index (κ3) is 3.79. The van der Waals surface area contributed by atoms with Gasteiger partial charge in [0.1, 0.15) is 0 Å². The van der Waals surface area contributed by atoms with Crippen LogP contribution in [0.2, 0.25) is 0 Å². The molecule has 3 nitrogen and oxygen atoms in total. The lowest BCUT2D eigenvalue weighted by Crippen LogP contribution is -2.38. The van der Waals surface area contributed by atoms with Crippen LogP contribution >= 0.6 is 11.8 Å². The van der Waals surface area contributed by atoms with Gasteiger partial charge in [-0.25, -0.2) is 4.79 Å². The lowest BCUT2D eigenvalue weighted by molar-refractivity contribution is -0.131. The first-order chi connectivity index (χ1) is 9.60. The van der Waals surface area contributed by atoms with E-state index in [1.54, 1.807) is 6.08 Å². The van der Waals surface area contributed by atoms with Crippen LogP contribution < -0.4 is 4.90 Å². The average Bonchev–Trinajstić information content (AvgIpc) is 2.45. The highest BCUT2D eigenvalue weighted by molar-refractivity contribution is 8.00. The number of aliphatic carboxylic acids is 1. The van der Waals surface area contributed by atoms with Gasteiger partial charge in [-0.05, 0) is 37.1 Å². The van der Waals surface area contributed by atoms with Crippen LogP contribution in [0.3, 0.4) is 0 Å². The van der Waals surface area contributed by atoms with Gasteiger partial charge in [-0.3, -0.25) is 0 Å². The average molecular weight is 291 g/mol. The number of thioether (sulfide) groups is 1. The molecule has 0 aliphatic carbocycles. The van der Waals surface area contributed by atoms with Crippen molar-refractivity contribution >= 4 is 29.5 Å². The molecule has 1 N–H and O–H groups in total. The molecule has 1 unspecified atom stereocenters. The van der Waals surface area contributed by atoms with Gasteiger partial charge in [0.15, 0.2) is 0 Å². The molecule has 1 saturated heterocycles. The Hall–Kier alpha value is -1.42. The topological polar surface area (TPSA) is 40.5 Å². The van der Waals surface area contributed by atoms with Crippen molar-refractivity contribution in [2.45, 2.75) is 25.5 Å². The molecule has 0 radical (unpaired) electrons. The second kappa shape index (κ2) is 6.84. The Bertz CT molecular complexity index is 513. The summed E-state index contributed by atoms with van der Waals surface area (Å²) in [6, 6.07) is 6.26. The normalized spacial score (nSPS) is 19.5. The van der Waals surface area contributed by atoms with Crippen molar-refractivity contribution in [3.05, 3.63) is 35.4 Å². The zero-order valence-corrected chi connectivity index (χ0v) is 12.8. The van der Waals surface area contributed by atoms with Gasteiger partial charge in [0, 0.05) is 35.9 Å². The molecule has 0 aromatic heterocycles. The molecule has 20 heavy (non-hydrogen) atoms. The van der Waals surface area contributed by atoms with Gasteiger partial charge >= 0.3 is 5.97 Å². The number of carboxylic acids is 1. The van der Waals surface area contributed by atoms with Gasteiger partial charge in [0.05, 0.1) is 0 Å². The minimum absolute atomic E-state index is 0.668. The smallest absolute Gasteiger partial charge is 0.328 e. The second-order valence-electron chi connectivity index (χ2n) is 5.08. The van der Waals surface area contributed by atoms with Gasteiger partial charge < -0.3 is 10.0 Å². The van der Waals surface area contributed by atoms with Gasteiger partial charge in [-0.2, -0.15) is 11.8 Å². The number of carboxylic acid groups (broad SMARTS) is 1. The summed E-state index contributed by atoms with van der Waals surface area (Å²) in [5.41, 5.74) is 3.29. The van der Waals surface area contributed by atoms with E-state index >= 15 is 0 Å². The zero-order valence-electron chi connectivity index (χ0n) is 12.0. The maximum Gasteiger partial charge on any atom is 0.328 e. The maximum atomic E-state index is 10.7. The molecule has 0 amide bonds. The SMILES string of the molecule is CCC1CN(c2ccc(C)cc2/C=C/C(=O)O)CCS1. The number of rotatable bonds is 4. The Labute approximate surface area is 124 Å². The first kappa shape index (κ1) is 15.0. The van der Waals surface area contributed by atoms with Crippen molar-refractivity contribution in [2.24, 2.45) is 0 Å². The summed E-state index contributed by atoms with van der Waals surface area (Å²) >= 11 is 2.04. The molecule has 0 bridgehead atoms. The maximum absolute atomic E-state index is 10.7. The number of nitrogens with zero attached hydrogens (tertiary/aromatic N) is 1. The number of benzene rings is 1. The van der Waals surface area contributed by atoms with E-state index in [4.69, 9.17) is 5.11 Å². The van der Waals surface area contributed by atoms with Crippen molar-refractivity contribution in [2.75, 3.05) is 23.7 Å². The summed E-state index contributed by atoms with van der Waals surface area (Å²) in [7, 11) is 0. The summed E-state index contributed by atoms with van der Waals surface area (Å²) in [6.45, 7) is 6.32. The quantitative estimate of drug-likeness (QED) is 0.863. The molecule has 108 valence electrons. The fourth-order valence-corrected chi connectivity index (χ4v) is 3.62. The van der Waals surface area contributed by atoms with Crippen molar-refractivity contribution in [1.29, 1.82) is 0 Å². The molecular formula is C16H21NO2S. The van der Waals surface area contributed by atoms with E-state index in [1.165, 1.54) is 12.5 Å². The van der Waals surface area contributed by atoms with Crippen molar-refractivity contribution in [1.82, 2.24) is 0 Å². The fourth-order valence-electron chi connectivity index (χ4n) is 2.44. The largest absolute Gasteiger partial charge is 0.478 e. The highest BCUT2D eigenvalue weighted by atomic mass is 32.2. The van der Waals surface area contributed by atoms with E-state index in [9.17, 15) is 4.79 Å². The van der Waals surface area contributed by atoms with Crippen LogP contribution in [0.15, 0.2) is 24.3 Å². The Morgan fingerprint density at radius 2 is 2.35 bits per heavy atom. The number of hydrogen-bond donors (Lipinski definition) is 1. The van der Waals surface area contributed by atoms with Gasteiger partial charge in [0.25, 0.3) is 0 Å². The molecular weight excluding hydrogens is 270 g/mol. The standard InChI is InChI=1S/C16H21NO2S/c1-3-14-11-17(8-9-20-14)15-6-4-12(2)10-13(15)5-7-16(18)19/h4-7,10,14H,3,8-9,11H2,1-2H3,(H,18,19)/b7-5+. The van der Waals surface area contributed by atoms with Crippen LogP contribution in [0.4, 0.5) is 5.69 Å². The molecule has 0 saturated carbocycles. The summed E-state index contributed by atoms with van der Waals surface area (Å²) in [5.74, 6) is 0.229. The van der Waals surface area contributed by atoms with Crippen LogP contribution in [0.5, 0.6) is 0 Å². The second-order valence-corrected chi connectivity index (χ2v) is 6.49. The minimum Gasteiger partial charge on any atom is -0.478 e. The predicted molar refractivity (Wildman–Crippen MR) is 86.6 cm³/mol. The third-order valence-electron chi connectivity index (χ3n) is 3.52. The van der Waals surface area contributed by atoms with Crippen LogP contribution in [0.25, 0.3) is 6.08 Å². The predicted octanol–water partition coefficient (Wildman–Crippen LogP) is 3.42. The molecule has 1 fully saturated rings. The minimum atomic E-state index is -0.905. The number of carbonyl (C=O) groups is 1. The molecule has 2 rings (SSSR count). The molecule has 1 atom stereocenters. The molecule has 1 aromatic rings. The van der Waals surface area contributed by atoms with Gasteiger partial charge in [-0.1, -0.05) is 18.6 Å². The van der Waals surface area contributed by atoms with Crippen molar-refractivity contribution in [3.63, 3.8) is 0 Å². The van der Waals surface area contributed by atoms with Crippen LogP contribution in [-0.4, -0.2) is 35.2 Å². The van der Waals surface area contributed by atoms with Crippen LogP contribution in [0.1, 0.15) is 24.5 Å². The number of hydrogen-bond acceptors (Lipinski definition) is 3. The van der Waals surface area contributed by atoms with E-state index in [1.807, 2.05) is 18.7 Å². The Morgan fingerprint density at radius 1 is 1.55 bits per heavy atom. The van der Waals surface area contributed by atoms with Gasteiger partial charge in [0.2, 0.25) is 0 Å². The van der Waals surface area contributed by atoms with E-state index in [-0.39, 0.29) is 0 Å². The highest BCUT2D eigenvalue weighted by Gasteiger charge is 2.20. The van der Waals surface area contributed by atoms with Crippen LogP contribution in [-0.2, 0) is 4.79 Å². The van der Waals surface area contributed by atoms with Crippen molar-refractivity contribution < 1.29 is 9.90 Å². The summed E-state index contributed by atoms with van der Waals surface area (Å²) in [5, 5.41) is 9.49. The first-order valence-electron chi connectivity index (χ1n) is 6.98. The highest BCUT2D eigenvalue weighted by Crippen LogP contribution is 2.29. The number of aryl methyl sites for hydroxylation is 1. The lowest BCUT2D eigenvalue weighted by Gasteiger charge is -2.34. The number of anilines is 1. The summed E-state index contributed by atoms with van der Waals surface area (Å²) < 4.78 is 0. The molecule has 1 aliphatic rings. The molecule has 0 spiro atoms. The summed E-state index contributed by atoms with van der Waals surface area (Å²) in [6.07, 6.45) is 4.09. The Balaban J connectivity index is 2.28. The molecule has 1 heterocycles. The van der Waals surface area contributed by atoms with E-state index in [2.05, 4.69) is 30.0 Å². The van der Waals surface area contributed by atoms with Gasteiger partial charge in [-0.15, -0.1) is 0 Å². The van der Waals surface area contributed by atoms with E-state index in [0.717, 1.165) is 35.7 Å². The monoisotopic (exact) mass is 291 g/mol. The zero-order chi connectivity index (χ0) is 14.5. The molecule has 1 aromatic carbocycles. The Morgan fingerprint density at radius 3 is 3.05 bits per heavy atom.